The van der Waals surface area contributed by atoms with Crippen molar-refractivity contribution < 1.29 is 23.5 Å². The molecule has 8 heteroatoms. The number of ether oxygens (including phenoxy) is 2. The Hall–Kier alpha value is -2.82. The maximum Gasteiger partial charge on any atom is 0.410 e. The Morgan fingerprint density at radius 2 is 2.00 bits per heavy atom. The van der Waals surface area contributed by atoms with E-state index >= 15 is 0 Å². The fraction of sp³-hybridized carbons (Fsp3) is 0.550. The molecule has 0 aromatic heterocycles. The number of piperidine rings is 1. The van der Waals surface area contributed by atoms with Crippen molar-refractivity contribution in [2.24, 2.45) is 5.92 Å². The predicted octanol–water partition coefficient (Wildman–Crippen LogP) is 3.70. The van der Waals surface area contributed by atoms with Crippen LogP contribution in [0.2, 0.25) is 0 Å². The van der Waals surface area contributed by atoms with Gasteiger partial charge in [-0.05, 0) is 51.7 Å². The molecule has 0 atom stereocenters. The van der Waals surface area contributed by atoms with Crippen molar-refractivity contribution in [2.75, 3.05) is 25.0 Å². The first-order valence-corrected chi connectivity index (χ1v) is 9.25. The lowest BCUT2D eigenvalue weighted by Gasteiger charge is -2.33. The summed E-state index contributed by atoms with van der Waals surface area (Å²) in [7, 11) is 0. The molecular weight excluding hydrogens is 365 g/mol. The molecule has 28 heavy (non-hydrogen) atoms. The third kappa shape index (κ3) is 6.41. The van der Waals surface area contributed by atoms with Crippen LogP contribution >= 0.6 is 0 Å². The van der Waals surface area contributed by atoms with E-state index in [-0.39, 0.29) is 36.5 Å². The van der Waals surface area contributed by atoms with Gasteiger partial charge in [0.1, 0.15) is 12.0 Å². The van der Waals surface area contributed by atoms with Gasteiger partial charge in [0.15, 0.2) is 11.6 Å². The van der Waals surface area contributed by atoms with E-state index < -0.39 is 17.3 Å². The van der Waals surface area contributed by atoms with Crippen LogP contribution in [0.1, 0.15) is 40.0 Å². The highest BCUT2D eigenvalue weighted by molar-refractivity contribution is 5.93. The lowest BCUT2D eigenvalue weighted by molar-refractivity contribution is -0.115. The van der Waals surface area contributed by atoms with Crippen LogP contribution in [-0.4, -0.2) is 42.2 Å². The van der Waals surface area contributed by atoms with E-state index in [1.165, 1.54) is 18.2 Å². The number of hydrogen-bond acceptors (Lipinski definition) is 5. The highest BCUT2D eigenvalue weighted by Crippen LogP contribution is 2.29. The van der Waals surface area contributed by atoms with Crippen LogP contribution < -0.4 is 10.1 Å². The van der Waals surface area contributed by atoms with Crippen molar-refractivity contribution >= 4 is 17.7 Å². The molecule has 0 bridgehead atoms. The predicted molar refractivity (Wildman–Crippen MR) is 101 cm³/mol. The number of nitrogens with zero attached hydrogens (tertiary/aromatic N) is 2. The highest BCUT2D eigenvalue weighted by atomic mass is 19.1. The number of benzene rings is 1. The molecule has 2 rings (SSSR count). The summed E-state index contributed by atoms with van der Waals surface area (Å²) in [6.07, 6.45) is 0.774. The number of likely N-dealkylation sites (tertiary alicyclic amines) is 1. The van der Waals surface area contributed by atoms with Gasteiger partial charge < -0.3 is 19.7 Å². The number of nitrogens with one attached hydrogen (secondary N) is 1. The van der Waals surface area contributed by atoms with E-state index in [1.54, 1.807) is 11.0 Å². The maximum absolute atomic E-state index is 14.2. The van der Waals surface area contributed by atoms with Gasteiger partial charge in [0.25, 0.3) is 0 Å². The van der Waals surface area contributed by atoms with Crippen LogP contribution in [0.5, 0.6) is 5.75 Å². The molecule has 0 spiro atoms. The second-order valence-corrected chi connectivity index (χ2v) is 7.72. The second kappa shape index (κ2) is 9.40. The molecule has 1 aliphatic heterocycles. The minimum Gasteiger partial charge on any atom is -0.488 e. The highest BCUT2D eigenvalue weighted by Gasteiger charge is 2.27. The van der Waals surface area contributed by atoms with E-state index in [0.717, 1.165) is 0 Å². The van der Waals surface area contributed by atoms with Crippen molar-refractivity contribution in [1.29, 1.82) is 5.26 Å². The van der Waals surface area contributed by atoms with Gasteiger partial charge in [-0.1, -0.05) is 6.07 Å². The molecule has 0 radical (unpaired) electrons. The molecule has 152 valence electrons. The number of halogens is 1. The summed E-state index contributed by atoms with van der Waals surface area (Å²) >= 11 is 0. The van der Waals surface area contributed by atoms with Gasteiger partial charge >= 0.3 is 6.09 Å². The number of carbonyl (C=O) groups is 2. The molecular formula is C20H26FN3O4. The fourth-order valence-corrected chi connectivity index (χ4v) is 2.83. The quantitative estimate of drug-likeness (QED) is 0.826. The summed E-state index contributed by atoms with van der Waals surface area (Å²) in [6.45, 7) is 6.84. The van der Waals surface area contributed by atoms with Gasteiger partial charge in [0.2, 0.25) is 5.91 Å². The third-order valence-electron chi connectivity index (χ3n) is 4.21. The zero-order valence-electron chi connectivity index (χ0n) is 16.5. The van der Waals surface area contributed by atoms with Crippen molar-refractivity contribution in [3.8, 4) is 11.8 Å². The first-order valence-electron chi connectivity index (χ1n) is 9.25. The Morgan fingerprint density at radius 1 is 1.32 bits per heavy atom. The summed E-state index contributed by atoms with van der Waals surface area (Å²) in [4.78, 5) is 25.4. The SMILES string of the molecule is CC(C)(C)OC(=O)N1CCC(COc2c(F)cccc2NC(=O)CC#N)CC1. The smallest absolute Gasteiger partial charge is 0.410 e. The van der Waals surface area contributed by atoms with Gasteiger partial charge in [0, 0.05) is 13.1 Å². The number of rotatable bonds is 5. The van der Waals surface area contributed by atoms with Crippen LogP contribution in [0.3, 0.4) is 0 Å². The Balaban J connectivity index is 1.89. The molecule has 1 N–H and O–H groups in total. The van der Waals surface area contributed by atoms with E-state index in [0.29, 0.717) is 25.9 Å². The monoisotopic (exact) mass is 391 g/mol. The standard InChI is InChI=1S/C20H26FN3O4/c1-20(2,3)28-19(26)24-11-8-14(9-12-24)13-27-18-15(21)5-4-6-16(18)23-17(25)7-10-22/h4-6,14H,7-9,11-13H2,1-3H3,(H,23,25). The van der Waals surface area contributed by atoms with Crippen LogP contribution in [0, 0.1) is 23.1 Å². The summed E-state index contributed by atoms with van der Waals surface area (Å²) in [5, 5.41) is 11.1. The number of anilines is 1. The number of para-hydroxylation sites is 1. The Bertz CT molecular complexity index is 747. The van der Waals surface area contributed by atoms with Crippen LogP contribution in [-0.2, 0) is 9.53 Å². The number of amides is 2. The summed E-state index contributed by atoms with van der Waals surface area (Å²) in [5.74, 6) is -0.992. The van der Waals surface area contributed by atoms with Crippen LogP contribution in [0.4, 0.5) is 14.9 Å². The average molecular weight is 391 g/mol. The Morgan fingerprint density at radius 3 is 2.61 bits per heavy atom. The minimum atomic E-state index is -0.582. The molecule has 1 heterocycles. The summed E-state index contributed by atoms with van der Waals surface area (Å²) < 4.78 is 25.2. The molecule has 2 amide bonds. The molecule has 0 unspecified atom stereocenters. The topological polar surface area (TPSA) is 91.7 Å². The van der Waals surface area contributed by atoms with Gasteiger partial charge in [0.05, 0.1) is 18.4 Å². The zero-order valence-corrected chi connectivity index (χ0v) is 16.5. The van der Waals surface area contributed by atoms with E-state index in [1.807, 2.05) is 20.8 Å². The molecule has 0 aliphatic carbocycles. The van der Waals surface area contributed by atoms with Gasteiger partial charge in [-0.15, -0.1) is 0 Å². The first-order chi connectivity index (χ1) is 13.2. The lowest BCUT2D eigenvalue weighted by Crippen LogP contribution is -2.42. The largest absolute Gasteiger partial charge is 0.488 e. The maximum atomic E-state index is 14.2. The van der Waals surface area contributed by atoms with Crippen LogP contribution in [0.15, 0.2) is 18.2 Å². The lowest BCUT2D eigenvalue weighted by atomic mass is 9.98. The van der Waals surface area contributed by atoms with Crippen molar-refractivity contribution in [3.05, 3.63) is 24.0 Å². The fourth-order valence-electron chi connectivity index (χ4n) is 2.83. The Kier molecular flexibility index (Phi) is 7.21. The molecule has 1 fully saturated rings. The normalized spacial score (nSPS) is 14.9. The molecule has 1 aromatic rings. The first kappa shape index (κ1) is 21.5. The molecule has 1 saturated heterocycles. The van der Waals surface area contributed by atoms with Crippen molar-refractivity contribution in [1.82, 2.24) is 4.90 Å². The molecule has 7 nitrogen and oxygen atoms in total. The zero-order chi connectivity index (χ0) is 20.7. The molecule has 1 aromatic carbocycles. The molecule has 0 saturated carbocycles. The van der Waals surface area contributed by atoms with E-state index in [9.17, 15) is 14.0 Å². The number of nitriles is 1. The summed E-state index contributed by atoms with van der Waals surface area (Å²) in [5.41, 5.74) is -0.333. The van der Waals surface area contributed by atoms with Gasteiger partial charge in [-0.2, -0.15) is 5.26 Å². The van der Waals surface area contributed by atoms with Crippen LogP contribution in [0.25, 0.3) is 0 Å². The van der Waals surface area contributed by atoms with Gasteiger partial charge in [-0.25, -0.2) is 9.18 Å². The van der Waals surface area contributed by atoms with Crippen molar-refractivity contribution in [2.45, 2.75) is 45.6 Å². The van der Waals surface area contributed by atoms with Gasteiger partial charge in [-0.3, -0.25) is 4.79 Å². The average Bonchev–Trinajstić information content (AvgIpc) is 2.60. The van der Waals surface area contributed by atoms with Crippen molar-refractivity contribution in [3.63, 3.8) is 0 Å². The minimum absolute atomic E-state index is 0.0386. The number of hydrogen-bond donors (Lipinski definition) is 1. The van der Waals surface area contributed by atoms with E-state index in [4.69, 9.17) is 14.7 Å². The molecule has 1 aliphatic rings. The van der Waals surface area contributed by atoms with E-state index in [2.05, 4.69) is 5.32 Å². The Labute approximate surface area is 164 Å². The number of carbonyl (C=O) groups excluding carboxylic acids is 2. The third-order valence-corrected chi connectivity index (χ3v) is 4.21. The summed E-state index contributed by atoms with van der Waals surface area (Å²) in [6, 6.07) is 5.98. The second-order valence-electron chi connectivity index (χ2n) is 7.72.